The number of β-amino-alcohol motifs (C(OH)–C–C–N with tert-alkyl or cyclic N) is 1. The van der Waals surface area contributed by atoms with E-state index in [0.717, 1.165) is 12.2 Å². The second-order valence-corrected chi connectivity index (χ2v) is 12.1. The number of rotatable bonds is 5. The fraction of sp³-hybridized carbons (Fsp3) is 0.625. The Morgan fingerprint density at radius 3 is 2.32 bits per heavy atom. The quantitative estimate of drug-likeness (QED) is 0.562. The normalized spacial score (nSPS) is 30.5. The largest absolute Gasteiger partial charge is 0.395 e. The van der Waals surface area contributed by atoms with Gasteiger partial charge in [0.2, 0.25) is 0 Å². The van der Waals surface area contributed by atoms with Crippen molar-refractivity contribution in [3.05, 3.63) is 35.9 Å². The van der Waals surface area contributed by atoms with Crippen LogP contribution < -0.4 is 0 Å². The van der Waals surface area contributed by atoms with Gasteiger partial charge in [0.25, 0.3) is 0 Å². The molecule has 0 bridgehead atoms. The lowest BCUT2D eigenvalue weighted by atomic mass is 9.95. The van der Waals surface area contributed by atoms with Crippen LogP contribution in [0.1, 0.15) is 5.56 Å². The summed E-state index contributed by atoms with van der Waals surface area (Å²) in [6.45, 7) is 4.59. The van der Waals surface area contributed by atoms with Crippen LogP contribution in [0.3, 0.4) is 0 Å². The lowest BCUT2D eigenvalue weighted by Gasteiger charge is -2.45. The summed E-state index contributed by atoms with van der Waals surface area (Å²) >= 11 is 0. The Morgan fingerprint density at radius 1 is 1.09 bits per heavy atom. The molecule has 22 heavy (non-hydrogen) atoms. The first-order valence-corrected chi connectivity index (χ1v) is 11.2. The van der Waals surface area contributed by atoms with E-state index >= 15 is 0 Å². The van der Waals surface area contributed by atoms with Crippen molar-refractivity contribution >= 4 is 8.07 Å². The summed E-state index contributed by atoms with van der Waals surface area (Å²) < 4.78 is 0. The van der Waals surface area contributed by atoms with Crippen molar-refractivity contribution in [2.75, 3.05) is 19.3 Å². The summed E-state index contributed by atoms with van der Waals surface area (Å²) in [7, 11) is -1.66. The van der Waals surface area contributed by atoms with Gasteiger partial charge in [0.05, 0.1) is 26.8 Å². The molecule has 0 amide bonds. The number of hydrogen-bond donors (Lipinski definition) is 4. The summed E-state index contributed by atoms with van der Waals surface area (Å²) in [5, 5.41) is 39.3. The number of piperidine rings is 1. The number of hydrogen-bond acceptors (Lipinski definition) is 5. The van der Waals surface area contributed by atoms with E-state index in [-0.39, 0.29) is 13.2 Å². The van der Waals surface area contributed by atoms with Crippen molar-refractivity contribution in [3.8, 4) is 0 Å². The van der Waals surface area contributed by atoms with E-state index in [1.54, 1.807) is 0 Å². The Balaban J connectivity index is 2.06. The molecule has 6 heteroatoms. The van der Waals surface area contributed by atoms with Gasteiger partial charge in [-0.25, -0.2) is 0 Å². The monoisotopic (exact) mass is 325 g/mol. The highest BCUT2D eigenvalue weighted by molar-refractivity contribution is 6.77. The van der Waals surface area contributed by atoms with Crippen LogP contribution in [0.25, 0.3) is 0 Å². The van der Waals surface area contributed by atoms with E-state index in [1.807, 2.05) is 23.1 Å². The molecule has 0 aliphatic carbocycles. The van der Waals surface area contributed by atoms with Gasteiger partial charge in [-0.1, -0.05) is 49.0 Å². The van der Waals surface area contributed by atoms with Gasteiger partial charge in [0.15, 0.2) is 0 Å². The van der Waals surface area contributed by atoms with Gasteiger partial charge in [0.1, 0.15) is 12.2 Å². The van der Waals surface area contributed by atoms with Crippen molar-refractivity contribution in [2.24, 2.45) is 0 Å². The molecule has 1 aromatic carbocycles. The van der Waals surface area contributed by atoms with Crippen LogP contribution in [0.5, 0.6) is 0 Å². The average molecular weight is 325 g/mol. The average Bonchev–Trinajstić information content (AvgIpc) is 2.45. The summed E-state index contributed by atoms with van der Waals surface area (Å²) in [5.41, 5.74) is 1.29. The molecule has 5 nitrogen and oxygen atoms in total. The maximum absolute atomic E-state index is 10.1. The third kappa shape index (κ3) is 4.16. The molecule has 2 rings (SSSR count). The van der Waals surface area contributed by atoms with Crippen LogP contribution in [0.15, 0.2) is 30.3 Å². The second-order valence-electron chi connectivity index (χ2n) is 7.05. The number of aliphatic hydroxyl groups is 4. The lowest BCUT2D eigenvalue weighted by molar-refractivity contribution is -0.141. The molecule has 124 valence electrons. The van der Waals surface area contributed by atoms with Crippen molar-refractivity contribution in [2.45, 2.75) is 43.5 Å². The molecule has 1 heterocycles. The summed E-state index contributed by atoms with van der Waals surface area (Å²) in [4.78, 5) is 1.94. The van der Waals surface area contributed by atoms with Crippen molar-refractivity contribution in [1.82, 2.24) is 4.90 Å². The highest BCUT2D eigenvalue weighted by atomic mass is 28.3. The van der Waals surface area contributed by atoms with E-state index in [9.17, 15) is 20.4 Å². The van der Waals surface area contributed by atoms with E-state index in [2.05, 4.69) is 25.2 Å². The maximum atomic E-state index is 10.1. The fourth-order valence-electron chi connectivity index (χ4n) is 3.31. The molecule has 1 aliphatic heterocycles. The molecule has 1 saturated heterocycles. The molecule has 1 aliphatic rings. The Bertz CT molecular complexity index is 470. The Morgan fingerprint density at radius 2 is 1.73 bits per heavy atom. The van der Waals surface area contributed by atoms with Crippen LogP contribution in [0.4, 0.5) is 0 Å². The van der Waals surface area contributed by atoms with Crippen molar-refractivity contribution in [1.29, 1.82) is 0 Å². The minimum atomic E-state index is -1.66. The van der Waals surface area contributed by atoms with Gasteiger partial charge >= 0.3 is 0 Å². The number of likely N-dealkylation sites (tertiary alicyclic amines) is 1. The molecule has 1 unspecified atom stereocenters. The first-order chi connectivity index (χ1) is 10.3. The smallest absolute Gasteiger partial charge is 0.109 e. The third-order valence-corrected chi connectivity index (χ3v) is 7.00. The standard InChI is InChI=1S/C16H27NO4Si/c1-22(2,10-12-6-4-3-5-7-12)11-17-8-14(19)16(21)15(20)13(17)9-18/h3-7,13-16,18-21H,8-11H2,1-2H3/t13?,14-,15+,16+/m0/s1. The van der Waals surface area contributed by atoms with Crippen LogP contribution in [0, 0.1) is 0 Å². The van der Waals surface area contributed by atoms with E-state index in [4.69, 9.17) is 0 Å². The molecular formula is C16H27NO4Si. The summed E-state index contributed by atoms with van der Waals surface area (Å²) in [5.74, 6) is 0. The first-order valence-electron chi connectivity index (χ1n) is 7.77. The molecule has 1 aromatic rings. The van der Waals surface area contributed by atoms with Crippen LogP contribution in [-0.4, -0.2) is 77.1 Å². The van der Waals surface area contributed by atoms with E-state index in [1.165, 1.54) is 5.56 Å². The van der Waals surface area contributed by atoms with Gasteiger partial charge in [-0.3, -0.25) is 4.90 Å². The zero-order valence-corrected chi connectivity index (χ0v) is 14.3. The molecule has 0 aromatic heterocycles. The summed E-state index contributed by atoms with van der Waals surface area (Å²) in [6.07, 6.45) is -2.52. The van der Waals surface area contributed by atoms with Gasteiger partial charge < -0.3 is 20.4 Å². The van der Waals surface area contributed by atoms with Crippen LogP contribution >= 0.6 is 0 Å². The second kappa shape index (κ2) is 7.21. The molecule has 0 saturated carbocycles. The fourth-order valence-corrected chi connectivity index (χ4v) is 6.23. The molecule has 4 N–H and O–H groups in total. The van der Waals surface area contributed by atoms with Crippen molar-refractivity contribution in [3.63, 3.8) is 0 Å². The SMILES string of the molecule is C[Si](C)(Cc1ccccc1)CN1C[C@H](O)[C@@H](O)[C@H](O)C1CO. The highest BCUT2D eigenvalue weighted by Crippen LogP contribution is 2.22. The minimum Gasteiger partial charge on any atom is -0.395 e. The molecule has 1 fully saturated rings. The summed E-state index contributed by atoms with van der Waals surface area (Å²) in [6, 6.07) is 10.8. The molecular weight excluding hydrogens is 298 g/mol. The third-order valence-electron chi connectivity index (χ3n) is 4.37. The Labute approximate surface area is 132 Å². The topological polar surface area (TPSA) is 84.2 Å². The predicted octanol–water partition coefficient (Wildman–Crippen LogP) is -0.225. The molecule has 0 radical (unpaired) electrons. The number of benzene rings is 1. The van der Waals surface area contributed by atoms with Crippen molar-refractivity contribution < 1.29 is 20.4 Å². The zero-order chi connectivity index (χ0) is 16.3. The first kappa shape index (κ1) is 17.6. The highest BCUT2D eigenvalue weighted by Gasteiger charge is 2.42. The van der Waals surface area contributed by atoms with Crippen LogP contribution in [0.2, 0.25) is 13.1 Å². The number of nitrogens with zero attached hydrogens (tertiary/aromatic N) is 1. The van der Waals surface area contributed by atoms with E-state index in [0.29, 0.717) is 0 Å². The maximum Gasteiger partial charge on any atom is 0.109 e. The van der Waals surface area contributed by atoms with E-state index < -0.39 is 32.4 Å². The van der Waals surface area contributed by atoms with Gasteiger partial charge in [-0.2, -0.15) is 0 Å². The van der Waals surface area contributed by atoms with Crippen LogP contribution in [-0.2, 0) is 6.04 Å². The van der Waals surface area contributed by atoms with Gasteiger partial charge in [0, 0.05) is 6.54 Å². The van der Waals surface area contributed by atoms with Gasteiger partial charge in [-0.05, 0) is 12.2 Å². The molecule has 4 atom stereocenters. The zero-order valence-electron chi connectivity index (χ0n) is 13.3. The Hall–Kier alpha value is -0.763. The lowest BCUT2D eigenvalue weighted by Crippen LogP contribution is -2.65. The minimum absolute atomic E-state index is 0.221. The Kier molecular flexibility index (Phi) is 5.76. The van der Waals surface area contributed by atoms with Gasteiger partial charge in [-0.15, -0.1) is 0 Å². The predicted molar refractivity (Wildman–Crippen MR) is 88.1 cm³/mol. The molecule has 0 spiro atoms. The number of aliphatic hydroxyl groups excluding tert-OH is 4.